The summed E-state index contributed by atoms with van der Waals surface area (Å²) >= 11 is 1.63. The van der Waals surface area contributed by atoms with Crippen LogP contribution in [0, 0.1) is 0 Å². The highest BCUT2D eigenvalue weighted by molar-refractivity contribution is 7.16. The monoisotopic (exact) mass is 292 g/mol. The first-order chi connectivity index (χ1) is 10.4. The van der Waals surface area contributed by atoms with Crippen LogP contribution in [0.3, 0.4) is 0 Å². The van der Waals surface area contributed by atoms with Crippen LogP contribution in [-0.2, 0) is 6.54 Å². The quantitative estimate of drug-likeness (QED) is 0.623. The predicted octanol–water partition coefficient (Wildman–Crippen LogP) is 3.85. The first-order valence-electron chi connectivity index (χ1n) is 6.66. The fraction of sp³-hybridized carbons (Fsp3) is 0.0625. The minimum Gasteiger partial charge on any atom is -0.365 e. The van der Waals surface area contributed by atoms with E-state index in [1.165, 1.54) is 5.56 Å². The molecule has 4 nitrogen and oxygen atoms in total. The van der Waals surface area contributed by atoms with Gasteiger partial charge in [0.1, 0.15) is 17.0 Å². The van der Waals surface area contributed by atoms with Crippen molar-refractivity contribution in [3.05, 3.63) is 59.9 Å². The summed E-state index contributed by atoms with van der Waals surface area (Å²) in [6.45, 7) is 0.729. The standard InChI is InChI=1S/C16H12N4S/c1-2-12-8-11(3-4-14(12)17-6-1)9-18-15-13-5-7-21-16(13)20-10-19-15/h1-8,10H,9H2,(H,18,19,20). The molecule has 0 radical (unpaired) electrons. The van der Waals surface area contributed by atoms with Gasteiger partial charge in [-0.15, -0.1) is 11.3 Å². The summed E-state index contributed by atoms with van der Waals surface area (Å²) in [7, 11) is 0. The third-order valence-electron chi connectivity index (χ3n) is 3.39. The highest BCUT2D eigenvalue weighted by Gasteiger charge is 2.04. The number of anilines is 1. The molecule has 0 saturated heterocycles. The van der Waals surface area contributed by atoms with Crippen molar-refractivity contribution >= 4 is 38.3 Å². The maximum absolute atomic E-state index is 4.33. The van der Waals surface area contributed by atoms with Crippen LogP contribution in [0.2, 0.25) is 0 Å². The molecule has 102 valence electrons. The molecule has 0 aliphatic rings. The Morgan fingerprint density at radius 3 is 3.05 bits per heavy atom. The summed E-state index contributed by atoms with van der Waals surface area (Å²) in [5.74, 6) is 0.882. The average molecular weight is 292 g/mol. The number of aromatic nitrogens is 3. The van der Waals surface area contributed by atoms with Gasteiger partial charge in [-0.3, -0.25) is 4.98 Å². The molecule has 0 atom stereocenters. The van der Waals surface area contributed by atoms with E-state index < -0.39 is 0 Å². The highest BCUT2D eigenvalue weighted by atomic mass is 32.1. The van der Waals surface area contributed by atoms with Gasteiger partial charge in [0, 0.05) is 18.1 Å². The molecule has 1 N–H and O–H groups in total. The molecule has 0 aliphatic heterocycles. The van der Waals surface area contributed by atoms with Gasteiger partial charge in [0.15, 0.2) is 0 Å². The Kier molecular flexibility index (Phi) is 2.97. The second-order valence-electron chi connectivity index (χ2n) is 4.75. The second kappa shape index (κ2) is 5.10. The van der Waals surface area contributed by atoms with Crippen molar-refractivity contribution in [1.29, 1.82) is 0 Å². The predicted molar refractivity (Wildman–Crippen MR) is 86.5 cm³/mol. The van der Waals surface area contributed by atoms with Crippen molar-refractivity contribution in [3.63, 3.8) is 0 Å². The van der Waals surface area contributed by atoms with E-state index in [4.69, 9.17) is 0 Å². The number of rotatable bonds is 3. The van der Waals surface area contributed by atoms with Crippen molar-refractivity contribution < 1.29 is 0 Å². The average Bonchev–Trinajstić information content (AvgIpc) is 3.02. The number of hydrogen-bond acceptors (Lipinski definition) is 5. The first-order valence-corrected chi connectivity index (χ1v) is 7.54. The number of benzene rings is 1. The number of thiophene rings is 1. The fourth-order valence-electron chi connectivity index (χ4n) is 2.35. The molecular formula is C16H12N4S. The maximum atomic E-state index is 4.33. The molecule has 0 spiro atoms. The zero-order valence-corrected chi connectivity index (χ0v) is 12.0. The lowest BCUT2D eigenvalue weighted by molar-refractivity contribution is 1.11. The number of hydrogen-bond donors (Lipinski definition) is 1. The van der Waals surface area contributed by atoms with Crippen molar-refractivity contribution in [3.8, 4) is 0 Å². The van der Waals surface area contributed by atoms with Gasteiger partial charge < -0.3 is 5.32 Å². The van der Waals surface area contributed by atoms with Crippen LogP contribution in [0.5, 0.6) is 0 Å². The summed E-state index contributed by atoms with van der Waals surface area (Å²) in [5, 5.41) is 7.65. The van der Waals surface area contributed by atoms with Crippen molar-refractivity contribution in [2.45, 2.75) is 6.54 Å². The molecule has 3 aromatic heterocycles. The van der Waals surface area contributed by atoms with Gasteiger partial charge in [0.05, 0.1) is 10.9 Å². The van der Waals surface area contributed by atoms with Crippen LogP contribution in [0.25, 0.3) is 21.1 Å². The van der Waals surface area contributed by atoms with Gasteiger partial charge in [0.2, 0.25) is 0 Å². The van der Waals surface area contributed by atoms with Crippen molar-refractivity contribution in [1.82, 2.24) is 15.0 Å². The van der Waals surface area contributed by atoms with E-state index in [1.807, 2.05) is 29.8 Å². The molecule has 21 heavy (non-hydrogen) atoms. The van der Waals surface area contributed by atoms with Crippen LogP contribution < -0.4 is 5.32 Å². The van der Waals surface area contributed by atoms with Gasteiger partial charge in [0.25, 0.3) is 0 Å². The highest BCUT2D eigenvalue weighted by Crippen LogP contribution is 2.24. The Balaban J connectivity index is 1.61. The molecule has 0 bridgehead atoms. The van der Waals surface area contributed by atoms with Gasteiger partial charge in [-0.05, 0) is 35.2 Å². The first kappa shape index (κ1) is 12.2. The lowest BCUT2D eigenvalue weighted by atomic mass is 10.1. The molecule has 0 saturated carbocycles. The van der Waals surface area contributed by atoms with E-state index in [-0.39, 0.29) is 0 Å². The van der Waals surface area contributed by atoms with Gasteiger partial charge >= 0.3 is 0 Å². The Hall–Kier alpha value is -2.53. The summed E-state index contributed by atoms with van der Waals surface area (Å²) < 4.78 is 0. The summed E-state index contributed by atoms with van der Waals surface area (Å²) in [5.41, 5.74) is 2.22. The Morgan fingerprint density at radius 2 is 2.05 bits per heavy atom. The van der Waals surface area contributed by atoms with Crippen LogP contribution >= 0.6 is 11.3 Å². The normalized spacial score (nSPS) is 11.0. The van der Waals surface area contributed by atoms with E-state index in [0.29, 0.717) is 0 Å². The van der Waals surface area contributed by atoms with Gasteiger partial charge in [-0.2, -0.15) is 0 Å². The van der Waals surface area contributed by atoms with Gasteiger partial charge in [-0.1, -0.05) is 12.1 Å². The largest absolute Gasteiger partial charge is 0.365 e. The number of pyridine rings is 1. The Bertz CT molecular complexity index is 916. The molecular weight excluding hydrogens is 280 g/mol. The zero-order chi connectivity index (χ0) is 14.1. The molecule has 4 aromatic rings. The minimum atomic E-state index is 0.729. The molecule has 0 fully saturated rings. The number of nitrogens with one attached hydrogen (secondary N) is 1. The van der Waals surface area contributed by atoms with Crippen LogP contribution in [-0.4, -0.2) is 15.0 Å². The molecule has 0 aliphatic carbocycles. The van der Waals surface area contributed by atoms with E-state index in [9.17, 15) is 0 Å². The van der Waals surface area contributed by atoms with Crippen molar-refractivity contribution in [2.75, 3.05) is 5.32 Å². The third kappa shape index (κ3) is 2.32. The van der Waals surface area contributed by atoms with Crippen LogP contribution in [0.4, 0.5) is 5.82 Å². The Morgan fingerprint density at radius 1 is 1.05 bits per heavy atom. The summed E-state index contributed by atoms with van der Waals surface area (Å²) in [6, 6.07) is 12.4. The molecule has 4 rings (SSSR count). The van der Waals surface area contributed by atoms with E-state index >= 15 is 0 Å². The topological polar surface area (TPSA) is 50.7 Å². The SMILES string of the molecule is c1cnc2ccc(CNc3ncnc4sccc34)cc2c1. The molecule has 5 heteroatoms. The molecule has 3 heterocycles. The second-order valence-corrected chi connectivity index (χ2v) is 5.64. The maximum Gasteiger partial charge on any atom is 0.138 e. The van der Waals surface area contributed by atoms with Crippen molar-refractivity contribution in [2.24, 2.45) is 0 Å². The minimum absolute atomic E-state index is 0.729. The smallest absolute Gasteiger partial charge is 0.138 e. The molecule has 1 aromatic carbocycles. The van der Waals surface area contributed by atoms with E-state index in [1.54, 1.807) is 17.7 Å². The fourth-order valence-corrected chi connectivity index (χ4v) is 3.08. The van der Waals surface area contributed by atoms with Crippen LogP contribution in [0.1, 0.15) is 5.56 Å². The summed E-state index contributed by atoms with van der Waals surface area (Å²) in [6.07, 6.45) is 3.42. The van der Waals surface area contributed by atoms with E-state index in [0.717, 1.165) is 33.5 Å². The van der Waals surface area contributed by atoms with Crippen LogP contribution in [0.15, 0.2) is 54.3 Å². The summed E-state index contributed by atoms with van der Waals surface area (Å²) in [4.78, 5) is 13.9. The Labute approximate surface area is 125 Å². The molecule has 0 unspecified atom stereocenters. The third-order valence-corrected chi connectivity index (χ3v) is 4.21. The number of fused-ring (bicyclic) bond motifs is 2. The lowest BCUT2D eigenvalue weighted by Gasteiger charge is -2.07. The lowest BCUT2D eigenvalue weighted by Crippen LogP contribution is -2.02. The zero-order valence-electron chi connectivity index (χ0n) is 11.2. The van der Waals surface area contributed by atoms with Gasteiger partial charge in [-0.25, -0.2) is 9.97 Å². The molecule has 0 amide bonds. The number of nitrogens with zero attached hydrogens (tertiary/aromatic N) is 3. The van der Waals surface area contributed by atoms with E-state index in [2.05, 4.69) is 38.5 Å².